The lowest BCUT2D eigenvalue weighted by Crippen LogP contribution is -2.16. The maximum Gasteiger partial charge on any atom is 0.261 e. The quantitative estimate of drug-likeness (QED) is 0.265. The highest BCUT2D eigenvalue weighted by molar-refractivity contribution is 7.93. The Hall–Kier alpha value is -3.86. The van der Waals surface area contributed by atoms with Crippen LogP contribution in [0.4, 0.5) is 17.1 Å². The van der Waals surface area contributed by atoms with Crippen LogP contribution in [0.5, 0.6) is 0 Å². The molecule has 0 aliphatic rings. The van der Waals surface area contributed by atoms with Gasteiger partial charge in [-0.25, -0.2) is 16.8 Å². The fraction of sp³-hybridized carbons (Fsp3) is 0.0385. The van der Waals surface area contributed by atoms with Crippen LogP contribution >= 0.6 is 11.6 Å². The van der Waals surface area contributed by atoms with E-state index in [1.54, 1.807) is 43.3 Å². The molecule has 0 heterocycles. The third kappa shape index (κ3) is 6.29. The Morgan fingerprint density at radius 1 is 0.676 bits per heavy atom. The molecule has 0 spiro atoms. The van der Waals surface area contributed by atoms with Crippen LogP contribution in [0.2, 0.25) is 5.02 Å². The summed E-state index contributed by atoms with van der Waals surface area (Å²) in [6.07, 6.45) is 0. The second kappa shape index (κ2) is 10.6. The van der Waals surface area contributed by atoms with Crippen molar-refractivity contribution < 1.29 is 21.6 Å². The number of hydrogen-bond donors (Lipinski definition) is 3. The van der Waals surface area contributed by atoms with Crippen molar-refractivity contribution >= 4 is 54.6 Å². The van der Waals surface area contributed by atoms with Gasteiger partial charge in [-0.2, -0.15) is 0 Å². The molecule has 4 aromatic carbocycles. The van der Waals surface area contributed by atoms with Crippen LogP contribution in [0.25, 0.3) is 0 Å². The van der Waals surface area contributed by atoms with E-state index in [9.17, 15) is 21.6 Å². The minimum Gasteiger partial charge on any atom is -0.322 e. The van der Waals surface area contributed by atoms with E-state index in [0.717, 1.165) is 5.56 Å². The van der Waals surface area contributed by atoms with Gasteiger partial charge in [0.2, 0.25) is 0 Å². The molecule has 0 bridgehead atoms. The van der Waals surface area contributed by atoms with Crippen LogP contribution in [0.15, 0.2) is 107 Å². The van der Waals surface area contributed by atoms with E-state index in [4.69, 9.17) is 11.6 Å². The van der Waals surface area contributed by atoms with Gasteiger partial charge in [-0.3, -0.25) is 14.2 Å². The van der Waals surface area contributed by atoms with Gasteiger partial charge in [-0.05, 0) is 73.2 Å². The Labute approximate surface area is 220 Å². The SMILES string of the molecule is Cc1ccccc1NS(=O)(=O)c1ccc(NC(=O)c2cc(NS(=O)(=O)c3ccccc3)ccc2Cl)cc1. The fourth-order valence-corrected chi connectivity index (χ4v) is 5.79. The van der Waals surface area contributed by atoms with Crippen LogP contribution in [0.1, 0.15) is 15.9 Å². The number of aryl methyl sites for hydroxylation is 1. The number of rotatable bonds is 8. The zero-order chi connectivity index (χ0) is 26.6. The summed E-state index contributed by atoms with van der Waals surface area (Å²) in [5.74, 6) is -0.598. The third-order valence-corrected chi connectivity index (χ3v) is 8.44. The van der Waals surface area contributed by atoms with Crippen molar-refractivity contribution in [3.8, 4) is 0 Å². The van der Waals surface area contributed by atoms with Gasteiger partial charge in [0.15, 0.2) is 0 Å². The van der Waals surface area contributed by atoms with Gasteiger partial charge in [0.05, 0.1) is 26.1 Å². The zero-order valence-corrected chi connectivity index (χ0v) is 21.9. The molecule has 0 fully saturated rings. The molecule has 0 saturated carbocycles. The average Bonchev–Trinajstić information content (AvgIpc) is 2.87. The molecule has 190 valence electrons. The number of nitrogens with one attached hydrogen (secondary N) is 3. The first-order valence-corrected chi connectivity index (χ1v) is 14.3. The highest BCUT2D eigenvalue weighted by Crippen LogP contribution is 2.25. The zero-order valence-electron chi connectivity index (χ0n) is 19.5. The van der Waals surface area contributed by atoms with E-state index in [1.165, 1.54) is 54.6 Å². The Bertz CT molecular complexity index is 1660. The minimum atomic E-state index is -3.86. The number of anilines is 3. The highest BCUT2D eigenvalue weighted by Gasteiger charge is 2.18. The summed E-state index contributed by atoms with van der Waals surface area (Å²) in [6.45, 7) is 1.79. The van der Waals surface area contributed by atoms with Gasteiger partial charge in [-0.1, -0.05) is 48.0 Å². The van der Waals surface area contributed by atoms with Gasteiger partial charge < -0.3 is 5.32 Å². The Morgan fingerprint density at radius 2 is 1.24 bits per heavy atom. The number of sulfonamides is 2. The summed E-state index contributed by atoms with van der Waals surface area (Å²) in [5, 5.41) is 2.76. The van der Waals surface area contributed by atoms with Gasteiger partial charge in [0.1, 0.15) is 0 Å². The van der Waals surface area contributed by atoms with Gasteiger partial charge in [-0.15, -0.1) is 0 Å². The summed E-state index contributed by atoms with van der Waals surface area (Å²) < 4.78 is 55.7. The first-order chi connectivity index (χ1) is 17.5. The molecule has 0 radical (unpaired) electrons. The molecule has 0 unspecified atom stereocenters. The van der Waals surface area contributed by atoms with E-state index in [-0.39, 0.29) is 26.1 Å². The number of carbonyl (C=O) groups is 1. The summed E-state index contributed by atoms with van der Waals surface area (Å²) in [7, 11) is -7.69. The first-order valence-electron chi connectivity index (χ1n) is 10.9. The van der Waals surface area contributed by atoms with Crippen LogP contribution in [-0.4, -0.2) is 22.7 Å². The van der Waals surface area contributed by atoms with Gasteiger partial charge >= 0.3 is 0 Å². The van der Waals surface area contributed by atoms with E-state index in [1.807, 2.05) is 6.07 Å². The van der Waals surface area contributed by atoms with E-state index < -0.39 is 26.0 Å². The Kier molecular flexibility index (Phi) is 7.53. The van der Waals surface area contributed by atoms with Crippen molar-refractivity contribution in [3.05, 3.63) is 113 Å². The fourth-order valence-electron chi connectivity index (χ4n) is 3.38. The van der Waals surface area contributed by atoms with Crippen molar-refractivity contribution in [1.29, 1.82) is 0 Å². The van der Waals surface area contributed by atoms with Crippen molar-refractivity contribution in [1.82, 2.24) is 0 Å². The second-order valence-electron chi connectivity index (χ2n) is 8.01. The molecule has 0 saturated heterocycles. The average molecular weight is 556 g/mol. The molecule has 0 aliphatic carbocycles. The Balaban J connectivity index is 1.49. The number of benzene rings is 4. The third-order valence-electron chi connectivity index (χ3n) is 5.33. The van der Waals surface area contributed by atoms with Crippen molar-refractivity contribution in [2.75, 3.05) is 14.8 Å². The van der Waals surface area contributed by atoms with Crippen LogP contribution in [0.3, 0.4) is 0 Å². The van der Waals surface area contributed by atoms with Crippen LogP contribution in [-0.2, 0) is 20.0 Å². The number of para-hydroxylation sites is 1. The largest absolute Gasteiger partial charge is 0.322 e. The topological polar surface area (TPSA) is 121 Å². The lowest BCUT2D eigenvalue weighted by molar-refractivity contribution is 0.102. The minimum absolute atomic E-state index is 0.0177. The van der Waals surface area contributed by atoms with Crippen molar-refractivity contribution in [3.63, 3.8) is 0 Å². The van der Waals surface area contributed by atoms with Crippen molar-refractivity contribution in [2.45, 2.75) is 16.7 Å². The van der Waals surface area contributed by atoms with Gasteiger partial charge in [0.25, 0.3) is 26.0 Å². The lowest BCUT2D eigenvalue weighted by atomic mass is 10.2. The molecule has 37 heavy (non-hydrogen) atoms. The number of hydrogen-bond acceptors (Lipinski definition) is 5. The van der Waals surface area contributed by atoms with Crippen LogP contribution < -0.4 is 14.8 Å². The predicted molar refractivity (Wildman–Crippen MR) is 145 cm³/mol. The summed E-state index contributed by atoms with van der Waals surface area (Å²) in [6, 6.07) is 24.6. The van der Waals surface area contributed by atoms with Gasteiger partial charge in [0, 0.05) is 11.4 Å². The molecule has 0 atom stereocenters. The molecular formula is C26H22ClN3O5S2. The standard InChI is InChI=1S/C26H22ClN3O5S2/c1-18-7-5-6-10-25(18)30-37(34,35)22-14-11-19(12-15-22)28-26(31)23-17-20(13-16-24(23)27)29-36(32,33)21-8-3-2-4-9-21/h2-17,29-30H,1H3,(H,28,31). The number of amides is 1. The molecule has 0 aromatic heterocycles. The predicted octanol–water partition coefficient (Wildman–Crippen LogP) is 5.50. The molecule has 1 amide bonds. The summed E-state index contributed by atoms with van der Waals surface area (Å²) in [5.41, 5.74) is 1.76. The maximum absolute atomic E-state index is 12.9. The Morgan fingerprint density at radius 3 is 1.92 bits per heavy atom. The molecule has 0 aliphatic heterocycles. The number of halogens is 1. The molecular weight excluding hydrogens is 534 g/mol. The molecule has 4 aromatic rings. The van der Waals surface area contributed by atoms with E-state index in [0.29, 0.717) is 11.4 Å². The summed E-state index contributed by atoms with van der Waals surface area (Å²) in [4.78, 5) is 13.0. The monoisotopic (exact) mass is 555 g/mol. The van der Waals surface area contributed by atoms with E-state index in [2.05, 4.69) is 14.8 Å². The molecule has 3 N–H and O–H groups in total. The summed E-state index contributed by atoms with van der Waals surface area (Å²) >= 11 is 6.19. The molecule has 4 rings (SSSR count). The normalized spacial score (nSPS) is 11.5. The molecule has 8 nitrogen and oxygen atoms in total. The first kappa shape index (κ1) is 26.2. The van der Waals surface area contributed by atoms with E-state index >= 15 is 0 Å². The van der Waals surface area contributed by atoms with Crippen LogP contribution in [0, 0.1) is 6.92 Å². The maximum atomic E-state index is 12.9. The smallest absolute Gasteiger partial charge is 0.261 e. The number of carbonyl (C=O) groups excluding carboxylic acids is 1. The second-order valence-corrected chi connectivity index (χ2v) is 11.8. The highest BCUT2D eigenvalue weighted by atomic mass is 35.5. The molecule has 11 heteroatoms. The lowest BCUT2D eigenvalue weighted by Gasteiger charge is -2.12. The van der Waals surface area contributed by atoms with Crippen molar-refractivity contribution in [2.24, 2.45) is 0 Å².